The molecule has 1 aromatic carbocycles. The molecule has 2 aromatic heterocycles. The van der Waals surface area contributed by atoms with Crippen LogP contribution in [0.25, 0.3) is 11.0 Å². The summed E-state index contributed by atoms with van der Waals surface area (Å²) in [5.74, 6) is 2.23. The zero-order valence-corrected chi connectivity index (χ0v) is 13.6. The van der Waals surface area contributed by atoms with Crippen molar-refractivity contribution in [3.8, 4) is 0 Å². The molecule has 0 spiro atoms. The molecule has 0 radical (unpaired) electrons. The largest absolute Gasteiger partial charge is 0.444 e. The lowest BCUT2D eigenvalue weighted by Gasteiger charge is -2.06. The second-order valence-electron chi connectivity index (χ2n) is 4.67. The Labute approximate surface area is 134 Å². The quantitative estimate of drug-likeness (QED) is 0.649. The highest BCUT2D eigenvalue weighted by Gasteiger charge is 2.15. The minimum absolute atomic E-state index is 0.337. The van der Waals surface area contributed by atoms with Gasteiger partial charge in [0.25, 0.3) is 0 Å². The zero-order chi connectivity index (χ0) is 15.0. The number of oxazole rings is 1. The van der Waals surface area contributed by atoms with Gasteiger partial charge in [-0.2, -0.15) is 0 Å². The number of hydrogen-bond donors (Lipinski definition) is 0. The molecular weight excluding hydrogens is 361 g/mol. The van der Waals surface area contributed by atoms with Crippen molar-refractivity contribution in [2.24, 2.45) is 0 Å². The maximum absolute atomic E-state index is 13.7. The van der Waals surface area contributed by atoms with Crippen LogP contribution in [0, 0.1) is 12.7 Å². The van der Waals surface area contributed by atoms with Crippen molar-refractivity contribution in [3.63, 3.8) is 0 Å². The molecule has 0 amide bonds. The predicted octanol–water partition coefficient (Wildman–Crippen LogP) is 4.06. The molecule has 0 aliphatic rings. The first-order valence-electron chi connectivity index (χ1n) is 6.40. The summed E-state index contributed by atoms with van der Waals surface area (Å²) in [7, 11) is 0. The van der Waals surface area contributed by atoms with Gasteiger partial charge < -0.3 is 8.98 Å². The first kappa shape index (κ1) is 14.5. The minimum Gasteiger partial charge on any atom is -0.444 e. The maximum atomic E-state index is 13.7. The molecule has 0 aliphatic carbocycles. The molecular formula is C14H12BrClFN3O. The first-order valence-corrected chi connectivity index (χ1v) is 7.72. The second-order valence-corrected chi connectivity index (χ2v) is 5.91. The normalized spacial score (nSPS) is 11.4. The monoisotopic (exact) mass is 371 g/mol. The van der Waals surface area contributed by atoms with E-state index in [0.717, 1.165) is 17.1 Å². The van der Waals surface area contributed by atoms with Gasteiger partial charge in [-0.25, -0.2) is 14.4 Å². The lowest BCUT2D eigenvalue weighted by molar-refractivity contribution is 0.456. The summed E-state index contributed by atoms with van der Waals surface area (Å²) in [6.45, 7) is 2.28. The van der Waals surface area contributed by atoms with Gasteiger partial charge in [0.1, 0.15) is 23.9 Å². The van der Waals surface area contributed by atoms with Crippen molar-refractivity contribution in [2.75, 3.05) is 5.88 Å². The van der Waals surface area contributed by atoms with E-state index in [9.17, 15) is 4.39 Å². The molecule has 110 valence electrons. The van der Waals surface area contributed by atoms with Gasteiger partial charge in [0.15, 0.2) is 0 Å². The third-order valence-electron chi connectivity index (χ3n) is 3.15. The lowest BCUT2D eigenvalue weighted by Crippen LogP contribution is -2.06. The molecule has 0 N–H and O–H groups in total. The maximum Gasteiger partial charge on any atom is 0.214 e. The van der Waals surface area contributed by atoms with Gasteiger partial charge in [0, 0.05) is 18.4 Å². The van der Waals surface area contributed by atoms with Crippen LogP contribution in [0.15, 0.2) is 27.2 Å². The predicted molar refractivity (Wildman–Crippen MR) is 82.2 cm³/mol. The standard InChI is InChI=1S/C14H12BrClFN3O/c1-8-6-18-14(21-8)7-20-12-4-9(15)10(17)5-11(12)19-13(20)2-3-16/h4-6H,2-3,7H2,1H3. The van der Waals surface area contributed by atoms with E-state index < -0.39 is 0 Å². The van der Waals surface area contributed by atoms with E-state index in [4.69, 9.17) is 16.0 Å². The van der Waals surface area contributed by atoms with Crippen LogP contribution in [0.3, 0.4) is 0 Å². The highest BCUT2D eigenvalue weighted by atomic mass is 79.9. The number of fused-ring (bicyclic) bond motifs is 1. The molecule has 0 saturated carbocycles. The number of imidazole rings is 1. The Hall–Kier alpha value is -1.40. The molecule has 4 nitrogen and oxygen atoms in total. The highest BCUT2D eigenvalue weighted by Crippen LogP contribution is 2.25. The number of hydrogen-bond acceptors (Lipinski definition) is 3. The first-order chi connectivity index (χ1) is 10.1. The molecule has 0 saturated heterocycles. The van der Waals surface area contributed by atoms with E-state index in [2.05, 4.69) is 25.9 Å². The van der Waals surface area contributed by atoms with Crippen LogP contribution in [0.5, 0.6) is 0 Å². The Kier molecular flexibility index (Phi) is 3.99. The molecule has 0 fully saturated rings. The molecule has 0 bridgehead atoms. The van der Waals surface area contributed by atoms with Gasteiger partial charge in [0.2, 0.25) is 5.89 Å². The second kappa shape index (κ2) is 5.77. The molecule has 3 rings (SSSR count). The van der Waals surface area contributed by atoms with E-state index in [0.29, 0.717) is 34.7 Å². The number of nitrogens with zero attached hydrogens (tertiary/aromatic N) is 3. The Bertz CT molecular complexity index is 799. The van der Waals surface area contributed by atoms with Crippen molar-refractivity contribution >= 4 is 38.6 Å². The molecule has 21 heavy (non-hydrogen) atoms. The number of halogens is 3. The average molecular weight is 373 g/mol. The number of aromatic nitrogens is 3. The van der Waals surface area contributed by atoms with Gasteiger partial charge in [-0.05, 0) is 28.9 Å². The lowest BCUT2D eigenvalue weighted by atomic mass is 10.3. The fourth-order valence-electron chi connectivity index (χ4n) is 2.23. The van der Waals surface area contributed by atoms with E-state index >= 15 is 0 Å². The summed E-state index contributed by atoms with van der Waals surface area (Å²) < 4.78 is 21.5. The summed E-state index contributed by atoms with van der Waals surface area (Å²) in [5, 5.41) is 0. The summed E-state index contributed by atoms with van der Waals surface area (Å²) in [6.07, 6.45) is 2.26. The van der Waals surface area contributed by atoms with Gasteiger partial charge in [-0.15, -0.1) is 11.6 Å². The summed E-state index contributed by atoms with van der Waals surface area (Å²) in [5.41, 5.74) is 1.42. The Morgan fingerprint density at radius 2 is 2.24 bits per heavy atom. The third-order valence-corrected chi connectivity index (χ3v) is 3.95. The van der Waals surface area contributed by atoms with Crippen molar-refractivity contribution in [1.29, 1.82) is 0 Å². The summed E-state index contributed by atoms with van der Waals surface area (Å²) in [6, 6.07) is 3.12. The van der Waals surface area contributed by atoms with E-state index in [1.807, 2.05) is 11.5 Å². The number of aryl methyl sites for hydroxylation is 2. The van der Waals surface area contributed by atoms with E-state index in [-0.39, 0.29) is 5.82 Å². The van der Waals surface area contributed by atoms with Crippen molar-refractivity contribution in [2.45, 2.75) is 19.9 Å². The molecule has 0 atom stereocenters. The third kappa shape index (κ3) is 2.82. The number of benzene rings is 1. The van der Waals surface area contributed by atoms with Crippen LogP contribution < -0.4 is 0 Å². The van der Waals surface area contributed by atoms with Crippen LogP contribution >= 0.6 is 27.5 Å². The zero-order valence-electron chi connectivity index (χ0n) is 11.2. The van der Waals surface area contributed by atoms with Crippen molar-refractivity contribution < 1.29 is 8.81 Å². The SMILES string of the molecule is Cc1cnc(Cn2c(CCCl)nc3cc(F)c(Br)cc32)o1. The molecule has 0 unspecified atom stereocenters. The molecule has 7 heteroatoms. The van der Waals surface area contributed by atoms with Gasteiger partial charge in [-0.1, -0.05) is 0 Å². The van der Waals surface area contributed by atoms with Crippen LogP contribution in [0.2, 0.25) is 0 Å². The van der Waals surface area contributed by atoms with Crippen LogP contribution in [-0.4, -0.2) is 20.4 Å². The number of alkyl halides is 1. The van der Waals surface area contributed by atoms with Gasteiger partial charge >= 0.3 is 0 Å². The van der Waals surface area contributed by atoms with Crippen LogP contribution in [0.4, 0.5) is 4.39 Å². The molecule has 2 heterocycles. The van der Waals surface area contributed by atoms with Crippen LogP contribution in [-0.2, 0) is 13.0 Å². The smallest absolute Gasteiger partial charge is 0.214 e. The molecule has 0 aliphatic heterocycles. The van der Waals surface area contributed by atoms with Gasteiger partial charge in [0.05, 0.1) is 21.7 Å². The summed E-state index contributed by atoms with van der Waals surface area (Å²) >= 11 is 9.04. The van der Waals surface area contributed by atoms with Crippen molar-refractivity contribution in [3.05, 3.63) is 46.1 Å². The number of rotatable bonds is 4. The molecule has 3 aromatic rings. The van der Waals surface area contributed by atoms with Crippen LogP contribution in [0.1, 0.15) is 17.5 Å². The van der Waals surface area contributed by atoms with Gasteiger partial charge in [-0.3, -0.25) is 0 Å². The van der Waals surface area contributed by atoms with Crippen molar-refractivity contribution in [1.82, 2.24) is 14.5 Å². The minimum atomic E-state index is -0.337. The Morgan fingerprint density at radius 3 is 2.90 bits per heavy atom. The topological polar surface area (TPSA) is 43.9 Å². The van der Waals surface area contributed by atoms with E-state index in [1.54, 1.807) is 12.3 Å². The fraction of sp³-hybridized carbons (Fsp3) is 0.286. The Morgan fingerprint density at radius 1 is 1.43 bits per heavy atom. The van der Waals surface area contributed by atoms with E-state index in [1.165, 1.54) is 6.07 Å². The Balaban J connectivity index is 2.12. The highest BCUT2D eigenvalue weighted by molar-refractivity contribution is 9.10. The average Bonchev–Trinajstić information content (AvgIpc) is 2.97. The summed E-state index contributed by atoms with van der Waals surface area (Å²) in [4.78, 5) is 8.66. The fourth-order valence-corrected chi connectivity index (χ4v) is 2.73.